The van der Waals surface area contributed by atoms with Crippen molar-refractivity contribution in [3.63, 3.8) is 0 Å². The van der Waals surface area contributed by atoms with E-state index in [9.17, 15) is 14.4 Å². The number of nitrogens with one attached hydrogen (secondary N) is 1. The summed E-state index contributed by atoms with van der Waals surface area (Å²) < 4.78 is 2.31. The van der Waals surface area contributed by atoms with Gasteiger partial charge in [0.2, 0.25) is 5.91 Å². The summed E-state index contributed by atoms with van der Waals surface area (Å²) in [6.07, 6.45) is 5.61. The largest absolute Gasteiger partial charge is 0.355 e. The average Bonchev–Trinajstić information content (AvgIpc) is 2.62. The zero-order chi connectivity index (χ0) is 18.9. The molecule has 2 rings (SSSR count). The van der Waals surface area contributed by atoms with Gasteiger partial charge in [-0.1, -0.05) is 56.0 Å². The van der Waals surface area contributed by atoms with Gasteiger partial charge in [0, 0.05) is 23.8 Å². The zero-order valence-corrected chi connectivity index (χ0v) is 15.7. The molecule has 1 N–H and O–H groups in total. The maximum absolute atomic E-state index is 12.6. The molecule has 1 aromatic heterocycles. The number of rotatable bonds is 9. The van der Waals surface area contributed by atoms with Crippen LogP contribution in [-0.2, 0) is 17.9 Å². The van der Waals surface area contributed by atoms with E-state index in [1.54, 1.807) is 12.1 Å². The van der Waals surface area contributed by atoms with Crippen LogP contribution in [0.25, 0.3) is 0 Å². The van der Waals surface area contributed by atoms with Crippen LogP contribution in [0.3, 0.4) is 0 Å². The molecule has 0 atom stereocenters. The summed E-state index contributed by atoms with van der Waals surface area (Å²) in [6.45, 7) is 2.62. The van der Waals surface area contributed by atoms with E-state index in [4.69, 9.17) is 11.6 Å². The van der Waals surface area contributed by atoms with Crippen molar-refractivity contribution < 1.29 is 4.79 Å². The number of carbonyl (C=O) groups is 1. The molecule has 1 aromatic carbocycles. The normalized spacial score (nSPS) is 10.7. The molecule has 0 saturated carbocycles. The molecule has 0 saturated heterocycles. The summed E-state index contributed by atoms with van der Waals surface area (Å²) in [6, 6.07) is 8.47. The lowest BCUT2D eigenvalue weighted by molar-refractivity contribution is -0.121. The van der Waals surface area contributed by atoms with Crippen molar-refractivity contribution in [1.29, 1.82) is 0 Å². The number of unbranched alkanes of at least 4 members (excludes halogenated alkanes) is 3. The third kappa shape index (κ3) is 5.59. The summed E-state index contributed by atoms with van der Waals surface area (Å²) in [5, 5.41) is 3.30. The van der Waals surface area contributed by atoms with Crippen LogP contribution in [0.2, 0.25) is 5.02 Å². The topological polar surface area (TPSA) is 73.1 Å². The van der Waals surface area contributed by atoms with Crippen molar-refractivity contribution in [3.8, 4) is 0 Å². The molecule has 6 nitrogen and oxygen atoms in total. The minimum absolute atomic E-state index is 0.234. The van der Waals surface area contributed by atoms with E-state index in [1.165, 1.54) is 16.8 Å². The molecule has 0 aliphatic heterocycles. The molecular formula is C19H24ClN3O3. The highest BCUT2D eigenvalue weighted by Crippen LogP contribution is 2.15. The third-order valence-electron chi connectivity index (χ3n) is 4.09. The second kappa shape index (κ2) is 9.97. The molecule has 26 heavy (non-hydrogen) atoms. The highest BCUT2D eigenvalue weighted by atomic mass is 35.5. The third-order valence-corrected chi connectivity index (χ3v) is 4.46. The molecule has 140 valence electrons. The SMILES string of the molecule is CCCCCCNC(=O)Cn1c(=O)ccn(Cc2ccccc2Cl)c1=O. The number of carbonyl (C=O) groups excluding carboxylic acids is 1. The Hall–Kier alpha value is -2.34. The lowest BCUT2D eigenvalue weighted by atomic mass is 10.2. The van der Waals surface area contributed by atoms with Gasteiger partial charge in [-0.3, -0.25) is 18.7 Å². The van der Waals surface area contributed by atoms with Crippen LogP contribution in [0.4, 0.5) is 0 Å². The van der Waals surface area contributed by atoms with Crippen LogP contribution in [-0.4, -0.2) is 21.6 Å². The summed E-state index contributed by atoms with van der Waals surface area (Å²) in [4.78, 5) is 36.6. The smallest absolute Gasteiger partial charge is 0.331 e. The van der Waals surface area contributed by atoms with Crippen molar-refractivity contribution in [3.05, 3.63) is 68.0 Å². The van der Waals surface area contributed by atoms with Crippen LogP contribution in [0.5, 0.6) is 0 Å². The van der Waals surface area contributed by atoms with Crippen LogP contribution in [0, 0.1) is 0 Å². The maximum Gasteiger partial charge on any atom is 0.331 e. The van der Waals surface area contributed by atoms with Gasteiger partial charge in [-0.05, 0) is 18.1 Å². The quantitative estimate of drug-likeness (QED) is 0.682. The van der Waals surface area contributed by atoms with E-state index >= 15 is 0 Å². The van der Waals surface area contributed by atoms with E-state index in [1.807, 2.05) is 12.1 Å². The number of hydrogen-bond donors (Lipinski definition) is 1. The molecule has 7 heteroatoms. The monoisotopic (exact) mass is 377 g/mol. The van der Waals surface area contributed by atoms with Gasteiger partial charge in [-0.2, -0.15) is 0 Å². The van der Waals surface area contributed by atoms with E-state index in [2.05, 4.69) is 12.2 Å². The Kier molecular flexibility index (Phi) is 7.66. The molecule has 0 radical (unpaired) electrons. The lowest BCUT2D eigenvalue weighted by Crippen LogP contribution is -2.43. The van der Waals surface area contributed by atoms with Crippen molar-refractivity contribution in [1.82, 2.24) is 14.5 Å². The van der Waals surface area contributed by atoms with Crippen molar-refractivity contribution >= 4 is 17.5 Å². The summed E-state index contributed by atoms with van der Waals surface area (Å²) in [5.74, 6) is -0.337. The van der Waals surface area contributed by atoms with Crippen LogP contribution >= 0.6 is 11.6 Å². The summed E-state index contributed by atoms with van der Waals surface area (Å²) in [7, 11) is 0. The molecule has 1 heterocycles. The fourth-order valence-electron chi connectivity index (χ4n) is 2.61. The average molecular weight is 378 g/mol. The van der Waals surface area contributed by atoms with Gasteiger partial charge in [0.15, 0.2) is 0 Å². The number of hydrogen-bond acceptors (Lipinski definition) is 3. The molecule has 0 spiro atoms. The Morgan fingerprint density at radius 1 is 1.12 bits per heavy atom. The lowest BCUT2D eigenvalue weighted by Gasteiger charge is -2.11. The Bertz CT molecular complexity index is 858. The van der Waals surface area contributed by atoms with E-state index in [-0.39, 0.29) is 19.0 Å². The number of aromatic nitrogens is 2. The molecule has 2 aromatic rings. The van der Waals surface area contributed by atoms with E-state index in [0.29, 0.717) is 11.6 Å². The molecule has 0 fully saturated rings. The van der Waals surface area contributed by atoms with Crippen molar-refractivity contribution in [2.45, 2.75) is 45.7 Å². The van der Waals surface area contributed by atoms with Crippen molar-refractivity contribution in [2.75, 3.05) is 6.54 Å². The zero-order valence-electron chi connectivity index (χ0n) is 14.9. The van der Waals surface area contributed by atoms with Gasteiger partial charge in [-0.25, -0.2) is 4.79 Å². The molecule has 0 bridgehead atoms. The second-order valence-electron chi connectivity index (χ2n) is 6.15. The second-order valence-corrected chi connectivity index (χ2v) is 6.56. The summed E-state index contributed by atoms with van der Waals surface area (Å²) in [5.41, 5.74) is -0.257. The highest BCUT2D eigenvalue weighted by molar-refractivity contribution is 6.31. The first-order valence-corrected chi connectivity index (χ1v) is 9.21. The van der Waals surface area contributed by atoms with Crippen LogP contribution in [0.1, 0.15) is 38.2 Å². The number of amides is 1. The fourth-order valence-corrected chi connectivity index (χ4v) is 2.81. The minimum atomic E-state index is -0.529. The van der Waals surface area contributed by atoms with E-state index in [0.717, 1.165) is 35.8 Å². The van der Waals surface area contributed by atoms with Gasteiger partial charge in [0.1, 0.15) is 6.54 Å². The standard InChI is InChI=1S/C19H24ClN3O3/c1-2-3-4-7-11-21-17(24)14-23-18(25)10-12-22(19(23)26)13-15-8-5-6-9-16(15)20/h5-6,8-10,12H,2-4,7,11,13-14H2,1H3,(H,21,24). The number of halogens is 1. The van der Waals surface area contributed by atoms with Gasteiger partial charge < -0.3 is 5.32 Å². The van der Waals surface area contributed by atoms with Gasteiger partial charge in [0.05, 0.1) is 6.54 Å². The highest BCUT2D eigenvalue weighted by Gasteiger charge is 2.11. The van der Waals surface area contributed by atoms with Gasteiger partial charge in [0.25, 0.3) is 5.56 Å². The minimum Gasteiger partial charge on any atom is -0.355 e. The predicted octanol–water partition coefficient (Wildman–Crippen LogP) is 2.41. The van der Waals surface area contributed by atoms with E-state index < -0.39 is 11.2 Å². The molecule has 1 amide bonds. The first kappa shape index (κ1) is 20.0. The number of benzene rings is 1. The molecular weight excluding hydrogens is 354 g/mol. The Morgan fingerprint density at radius 2 is 1.88 bits per heavy atom. The van der Waals surface area contributed by atoms with Gasteiger partial charge >= 0.3 is 5.69 Å². The molecule has 0 aliphatic carbocycles. The first-order chi connectivity index (χ1) is 12.5. The maximum atomic E-state index is 12.6. The molecule has 0 aliphatic rings. The summed E-state index contributed by atoms with van der Waals surface area (Å²) >= 11 is 6.13. The fraction of sp³-hybridized carbons (Fsp3) is 0.421. The first-order valence-electron chi connectivity index (χ1n) is 8.83. The number of nitrogens with zero attached hydrogens (tertiary/aromatic N) is 2. The van der Waals surface area contributed by atoms with Gasteiger partial charge in [-0.15, -0.1) is 0 Å². The Morgan fingerprint density at radius 3 is 2.62 bits per heavy atom. The van der Waals surface area contributed by atoms with Crippen LogP contribution in [0.15, 0.2) is 46.1 Å². The Balaban J connectivity index is 2.07. The predicted molar refractivity (Wildman–Crippen MR) is 103 cm³/mol. The van der Waals surface area contributed by atoms with Crippen LogP contribution < -0.4 is 16.6 Å². The van der Waals surface area contributed by atoms with Crippen molar-refractivity contribution in [2.24, 2.45) is 0 Å². The Labute approximate surface area is 157 Å². The molecule has 0 unspecified atom stereocenters.